The van der Waals surface area contributed by atoms with E-state index in [9.17, 15) is 4.79 Å². The number of hydrogen-bond acceptors (Lipinski definition) is 7. The molecule has 1 aromatic heterocycles. The lowest BCUT2D eigenvalue weighted by molar-refractivity contribution is -0.128. The molecule has 3 aliphatic rings. The molecule has 224 valence electrons. The van der Waals surface area contributed by atoms with E-state index < -0.39 is 0 Å². The van der Waals surface area contributed by atoms with Crippen molar-refractivity contribution >= 4 is 39.8 Å². The largest absolute Gasteiger partial charge is 0.463 e. The summed E-state index contributed by atoms with van der Waals surface area (Å²) in [6.07, 6.45) is 4.40. The van der Waals surface area contributed by atoms with Gasteiger partial charge in [-0.15, -0.1) is 0 Å². The minimum Gasteiger partial charge on any atom is -0.463 e. The number of ether oxygens (including phenoxy) is 1. The number of piperazine rings is 1. The van der Waals surface area contributed by atoms with Gasteiger partial charge in [0.2, 0.25) is 12.5 Å². The summed E-state index contributed by atoms with van der Waals surface area (Å²) in [5.41, 5.74) is 3.14. The number of anilines is 2. The second-order valence-electron chi connectivity index (χ2n) is 11.9. The van der Waals surface area contributed by atoms with Gasteiger partial charge in [0.05, 0.1) is 23.9 Å². The molecule has 1 aliphatic carbocycles. The monoisotopic (exact) mass is 599 g/mol. The normalized spacial score (nSPS) is 21.7. The fraction of sp³-hybridized carbons (Fsp3) is 0.455. The molecule has 1 saturated heterocycles. The number of halogens is 1. The van der Waals surface area contributed by atoms with Gasteiger partial charge in [-0.2, -0.15) is 9.97 Å². The van der Waals surface area contributed by atoms with E-state index in [1.165, 1.54) is 12.5 Å². The van der Waals surface area contributed by atoms with Gasteiger partial charge in [0, 0.05) is 54.8 Å². The van der Waals surface area contributed by atoms with Crippen LogP contribution in [0.2, 0.25) is 5.02 Å². The van der Waals surface area contributed by atoms with Gasteiger partial charge in [0.25, 0.3) is 0 Å². The molecule has 3 heterocycles. The summed E-state index contributed by atoms with van der Waals surface area (Å²) in [5.74, 6) is 1.17. The van der Waals surface area contributed by atoms with Crippen LogP contribution in [-0.4, -0.2) is 91.2 Å². The van der Waals surface area contributed by atoms with Gasteiger partial charge in [-0.1, -0.05) is 42.4 Å². The molecule has 10 heteroatoms. The van der Waals surface area contributed by atoms with Gasteiger partial charge >= 0.3 is 6.01 Å². The van der Waals surface area contributed by atoms with Crippen LogP contribution in [0.15, 0.2) is 49.1 Å². The maximum atomic E-state index is 12.5. The number of rotatable bonds is 8. The number of hydrogen-bond donors (Lipinski definition) is 0. The lowest BCUT2D eigenvalue weighted by Gasteiger charge is -2.41. The third-order valence-electron chi connectivity index (χ3n) is 9.20. The lowest BCUT2D eigenvalue weighted by Crippen LogP contribution is -2.56. The zero-order valence-corrected chi connectivity index (χ0v) is 25.6. The van der Waals surface area contributed by atoms with Gasteiger partial charge in [-0.3, -0.25) is 4.79 Å². The number of carbonyl (C=O) groups excluding carboxylic acids is 1. The number of fused-ring (bicyclic) bond motifs is 2. The predicted molar refractivity (Wildman–Crippen MR) is 171 cm³/mol. The van der Waals surface area contributed by atoms with Crippen LogP contribution >= 0.6 is 11.6 Å². The quantitative estimate of drug-likeness (QED) is 0.275. The standard InChI is InChI=1S/C33H38ClN7O2/c1-5-30(42)41-17-16-40(19-24(41)18-35-2)32-25-14-15-39(29-11-7-9-22-8-6-10-26(34)31(22)29)20-27(25)36-33(37-32)43-21-23-12-13-28(23)38(3)4/h5-11,23-24,28H,1,12-21H2,3-4H3/t23-,24-,28-/m0/s1. The van der Waals surface area contributed by atoms with Crippen molar-refractivity contribution in [2.45, 2.75) is 37.9 Å². The van der Waals surface area contributed by atoms with Crippen LogP contribution in [-0.2, 0) is 17.8 Å². The highest BCUT2D eigenvalue weighted by atomic mass is 35.5. The summed E-state index contributed by atoms with van der Waals surface area (Å²) in [6, 6.07) is 13.0. The molecule has 1 amide bonds. The first-order valence-electron chi connectivity index (χ1n) is 15.0. The molecule has 0 N–H and O–H groups in total. The molecule has 6 rings (SSSR count). The highest BCUT2D eigenvalue weighted by Gasteiger charge is 2.36. The van der Waals surface area contributed by atoms with Crippen molar-refractivity contribution in [3.05, 3.63) is 76.8 Å². The molecule has 2 fully saturated rings. The molecule has 9 nitrogen and oxygen atoms in total. The Bertz CT molecular complexity index is 1570. The van der Waals surface area contributed by atoms with Crippen LogP contribution in [0.4, 0.5) is 11.5 Å². The Morgan fingerprint density at radius 1 is 1.16 bits per heavy atom. The molecule has 0 radical (unpaired) electrons. The summed E-state index contributed by atoms with van der Waals surface area (Å²) < 4.78 is 6.33. The molecule has 0 unspecified atom stereocenters. The van der Waals surface area contributed by atoms with Gasteiger partial charge < -0.3 is 29.2 Å². The second kappa shape index (κ2) is 12.4. The Balaban J connectivity index is 1.33. The minimum atomic E-state index is -0.236. The third-order valence-corrected chi connectivity index (χ3v) is 9.52. The van der Waals surface area contributed by atoms with Crippen LogP contribution in [0, 0.1) is 12.5 Å². The molecular formula is C33H38ClN7O2. The lowest BCUT2D eigenvalue weighted by atomic mass is 9.79. The van der Waals surface area contributed by atoms with E-state index in [-0.39, 0.29) is 18.5 Å². The number of benzene rings is 2. The van der Waals surface area contributed by atoms with E-state index in [0.717, 1.165) is 57.9 Å². The average molecular weight is 600 g/mol. The highest BCUT2D eigenvalue weighted by Crippen LogP contribution is 2.38. The maximum absolute atomic E-state index is 12.5. The summed E-state index contributed by atoms with van der Waals surface area (Å²) in [5, 5.41) is 2.89. The molecule has 43 heavy (non-hydrogen) atoms. The second-order valence-corrected chi connectivity index (χ2v) is 12.3. The predicted octanol–water partition coefficient (Wildman–Crippen LogP) is 4.69. The van der Waals surface area contributed by atoms with Gasteiger partial charge in [0.15, 0.2) is 0 Å². The Labute approximate surface area is 258 Å². The first kappa shape index (κ1) is 29.2. The van der Waals surface area contributed by atoms with Crippen LogP contribution in [0.25, 0.3) is 15.6 Å². The first-order valence-corrected chi connectivity index (χ1v) is 15.4. The fourth-order valence-electron chi connectivity index (χ4n) is 6.78. The van der Waals surface area contributed by atoms with Crippen molar-refractivity contribution in [2.75, 3.05) is 63.2 Å². The van der Waals surface area contributed by atoms with E-state index in [1.54, 1.807) is 4.90 Å². The van der Waals surface area contributed by atoms with Crippen LogP contribution in [0.5, 0.6) is 6.01 Å². The first-order chi connectivity index (χ1) is 20.9. The molecule has 0 spiro atoms. The summed E-state index contributed by atoms with van der Waals surface area (Å²) >= 11 is 6.70. The zero-order valence-electron chi connectivity index (χ0n) is 24.9. The van der Waals surface area contributed by atoms with Gasteiger partial charge in [-0.25, -0.2) is 6.57 Å². The van der Waals surface area contributed by atoms with E-state index in [4.69, 9.17) is 32.9 Å². The Morgan fingerprint density at radius 3 is 2.70 bits per heavy atom. The molecular weight excluding hydrogens is 562 g/mol. The van der Waals surface area contributed by atoms with Crippen molar-refractivity contribution in [1.29, 1.82) is 0 Å². The molecule has 2 aromatic carbocycles. The van der Waals surface area contributed by atoms with Gasteiger partial charge in [0.1, 0.15) is 11.9 Å². The van der Waals surface area contributed by atoms with Crippen LogP contribution < -0.4 is 14.5 Å². The number of amides is 1. The SMILES string of the molecule is [C-]#[N+]C[C@H]1CN(c2nc(OC[C@@H]3CC[C@@H]3N(C)C)nc3c2CCN(c2cccc4cccc(Cl)c24)C3)CCN1C(=O)C=C. The molecule has 0 bridgehead atoms. The maximum Gasteiger partial charge on any atom is 0.318 e. The molecule has 3 atom stereocenters. The average Bonchev–Trinajstić information content (AvgIpc) is 2.99. The fourth-order valence-corrected chi connectivity index (χ4v) is 7.06. The van der Waals surface area contributed by atoms with Crippen molar-refractivity contribution in [3.63, 3.8) is 0 Å². The number of carbonyl (C=O) groups is 1. The van der Waals surface area contributed by atoms with Crippen LogP contribution in [0.3, 0.4) is 0 Å². The third kappa shape index (κ3) is 5.74. The molecule has 3 aromatic rings. The van der Waals surface area contributed by atoms with Crippen molar-refractivity contribution in [3.8, 4) is 6.01 Å². The van der Waals surface area contributed by atoms with E-state index >= 15 is 0 Å². The summed E-state index contributed by atoms with van der Waals surface area (Å²) in [4.78, 5) is 34.8. The van der Waals surface area contributed by atoms with Crippen molar-refractivity contribution < 1.29 is 9.53 Å². The van der Waals surface area contributed by atoms with Crippen LogP contribution in [0.1, 0.15) is 24.1 Å². The smallest absolute Gasteiger partial charge is 0.318 e. The van der Waals surface area contributed by atoms with E-state index in [1.807, 2.05) is 12.1 Å². The van der Waals surface area contributed by atoms with Crippen molar-refractivity contribution in [2.24, 2.45) is 5.92 Å². The number of nitrogens with zero attached hydrogens (tertiary/aromatic N) is 7. The Morgan fingerprint density at radius 2 is 1.98 bits per heavy atom. The van der Waals surface area contributed by atoms with Gasteiger partial charge in [-0.05, 0) is 57.0 Å². The zero-order chi connectivity index (χ0) is 30.1. The Hall–Kier alpha value is -3.87. The topological polar surface area (TPSA) is 69.4 Å². The summed E-state index contributed by atoms with van der Waals surface area (Å²) in [6.45, 7) is 15.0. The van der Waals surface area contributed by atoms with E-state index in [2.05, 4.69) is 64.5 Å². The molecule has 1 saturated carbocycles. The van der Waals surface area contributed by atoms with Crippen molar-refractivity contribution in [1.82, 2.24) is 19.8 Å². The minimum absolute atomic E-state index is 0.137. The Kier molecular flexibility index (Phi) is 8.42. The highest BCUT2D eigenvalue weighted by molar-refractivity contribution is 6.36. The van der Waals surface area contributed by atoms with E-state index in [0.29, 0.717) is 50.8 Å². The number of aromatic nitrogens is 2. The molecule has 2 aliphatic heterocycles. The summed E-state index contributed by atoms with van der Waals surface area (Å²) in [7, 11) is 4.24.